The normalized spacial score (nSPS) is 20.2. The number of halogens is 5. The first kappa shape index (κ1) is 32.5. The van der Waals surface area contributed by atoms with Gasteiger partial charge in [-0.25, -0.2) is 4.79 Å². The molecule has 1 aliphatic heterocycles. The third-order valence-electron chi connectivity index (χ3n) is 6.46. The van der Waals surface area contributed by atoms with Crippen molar-refractivity contribution in [2.45, 2.75) is 60.8 Å². The fraction of sp³-hybridized carbons (Fsp3) is 0.429. The lowest BCUT2D eigenvalue weighted by molar-refractivity contribution is -0.201. The molecule has 3 rings (SSSR count). The van der Waals surface area contributed by atoms with Gasteiger partial charge < -0.3 is 18.6 Å². The van der Waals surface area contributed by atoms with Gasteiger partial charge in [-0.15, -0.1) is 0 Å². The van der Waals surface area contributed by atoms with Gasteiger partial charge in [0.2, 0.25) is 5.90 Å². The lowest BCUT2D eigenvalue weighted by Crippen LogP contribution is -2.67. The average Bonchev–Trinajstić information content (AvgIpc) is 2.89. The topological polar surface area (TPSA) is 77.8 Å². The zero-order valence-electron chi connectivity index (χ0n) is 22.5. The van der Waals surface area contributed by atoms with Gasteiger partial charge in [-0.1, -0.05) is 116 Å². The van der Waals surface area contributed by atoms with Crippen LogP contribution in [0.1, 0.15) is 27.7 Å². The summed E-state index contributed by atoms with van der Waals surface area (Å²) in [4.78, 5) is 12.1. The Hall–Kier alpha value is -2.01. The molecule has 0 fully saturated rings. The van der Waals surface area contributed by atoms with Crippen molar-refractivity contribution in [3.63, 3.8) is 0 Å². The highest BCUT2D eigenvalue weighted by Gasteiger charge is 2.54. The summed E-state index contributed by atoms with van der Waals surface area (Å²) in [6.45, 7) is 7.15. The molecule has 0 saturated heterocycles. The van der Waals surface area contributed by atoms with Crippen molar-refractivity contribution < 1.29 is 32.2 Å². The molecule has 0 aromatic heterocycles. The smallest absolute Gasteiger partial charge is 0.380 e. The number of carbonyl (C=O) groups excluding carboxylic acids is 1. The molecule has 1 aliphatic rings. The highest BCUT2D eigenvalue weighted by atomic mass is 35.6. The Morgan fingerprint density at radius 3 is 1.95 bits per heavy atom. The van der Waals surface area contributed by atoms with E-state index in [2.05, 4.69) is 25.5 Å². The van der Waals surface area contributed by atoms with Crippen LogP contribution in [0.3, 0.4) is 0 Å². The van der Waals surface area contributed by atoms with Crippen LogP contribution in [0.25, 0.3) is 0 Å². The van der Waals surface area contributed by atoms with Gasteiger partial charge >= 0.3 is 11.9 Å². The van der Waals surface area contributed by atoms with Gasteiger partial charge in [-0.2, -0.15) is 8.78 Å². The maximum Gasteiger partial charge on any atom is 0.380 e. The lowest BCUT2D eigenvalue weighted by Gasteiger charge is -2.44. The van der Waals surface area contributed by atoms with Crippen LogP contribution in [0, 0.1) is 5.41 Å². The fourth-order valence-corrected chi connectivity index (χ4v) is 9.32. The average molecular weight is 635 g/mol. The molecular formula is C28H32Cl3F2NO5Si. The Kier molecular flexibility index (Phi) is 10.5. The monoisotopic (exact) mass is 633 g/mol. The zero-order chi connectivity index (χ0) is 29.8. The van der Waals surface area contributed by atoms with Gasteiger partial charge in [0.15, 0.2) is 6.10 Å². The second kappa shape index (κ2) is 12.9. The second-order valence-corrected chi connectivity index (χ2v) is 16.8. The van der Waals surface area contributed by atoms with Crippen molar-refractivity contribution in [1.29, 1.82) is 5.41 Å². The quantitative estimate of drug-likeness (QED) is 0.0940. The number of rotatable bonds is 9. The summed E-state index contributed by atoms with van der Waals surface area (Å²) in [5.41, 5.74) is 0. The molecule has 6 nitrogen and oxygen atoms in total. The summed E-state index contributed by atoms with van der Waals surface area (Å²) >= 11 is 17.4. The molecule has 0 radical (unpaired) electrons. The second-order valence-electron chi connectivity index (χ2n) is 10.2. The minimum atomic E-state index is -3.99. The largest absolute Gasteiger partial charge is 0.468 e. The summed E-state index contributed by atoms with van der Waals surface area (Å²) in [7, 11) is -3.11. The van der Waals surface area contributed by atoms with Gasteiger partial charge in [0.05, 0.1) is 13.2 Å². The number of carbonyl (C=O) groups is 1. The molecule has 2 aromatic rings. The Labute approximate surface area is 249 Å². The summed E-state index contributed by atoms with van der Waals surface area (Å²) < 4.78 is 50.5. The van der Waals surface area contributed by atoms with Crippen molar-refractivity contribution in [3.8, 4) is 0 Å². The Morgan fingerprint density at radius 2 is 1.50 bits per heavy atom. The molecule has 3 atom stereocenters. The van der Waals surface area contributed by atoms with E-state index in [1.54, 1.807) is 0 Å². The van der Waals surface area contributed by atoms with Crippen molar-refractivity contribution in [2.24, 2.45) is 0 Å². The van der Waals surface area contributed by atoms with Crippen molar-refractivity contribution in [3.05, 3.63) is 72.8 Å². The number of ether oxygens (including phenoxy) is 3. The Bertz CT molecular complexity index is 1150. The first-order chi connectivity index (χ1) is 18.6. The predicted octanol–water partition coefficient (Wildman–Crippen LogP) is 5.82. The Balaban J connectivity index is 2.04. The van der Waals surface area contributed by atoms with E-state index in [0.29, 0.717) is 0 Å². The van der Waals surface area contributed by atoms with Crippen LogP contribution in [0.2, 0.25) is 5.04 Å². The van der Waals surface area contributed by atoms with E-state index in [9.17, 15) is 4.79 Å². The zero-order valence-corrected chi connectivity index (χ0v) is 25.8. The lowest BCUT2D eigenvalue weighted by atomic mass is 10.0. The van der Waals surface area contributed by atoms with Crippen LogP contribution in [0.4, 0.5) is 8.78 Å². The van der Waals surface area contributed by atoms with Crippen LogP contribution in [0.15, 0.2) is 72.8 Å². The molecule has 0 spiro atoms. The van der Waals surface area contributed by atoms with E-state index in [4.69, 9.17) is 54.1 Å². The number of hydrogen-bond acceptors (Lipinski definition) is 6. The van der Waals surface area contributed by atoms with E-state index in [1.807, 2.05) is 60.7 Å². The molecule has 0 aliphatic carbocycles. The fourth-order valence-electron chi connectivity index (χ4n) is 4.62. The number of esters is 1. The summed E-state index contributed by atoms with van der Waals surface area (Å²) in [5.74, 6) is -6.43. The van der Waals surface area contributed by atoms with Crippen LogP contribution >= 0.6 is 34.8 Å². The number of nitrogens with one attached hydrogen (secondary N) is 1. The molecule has 0 unspecified atom stereocenters. The summed E-state index contributed by atoms with van der Waals surface area (Å²) in [5, 5.41) is 9.52. The first-order valence-electron chi connectivity index (χ1n) is 12.6. The number of alkyl halides is 5. The Morgan fingerprint density at radius 1 is 0.975 bits per heavy atom. The first-order valence-corrected chi connectivity index (χ1v) is 15.6. The van der Waals surface area contributed by atoms with Gasteiger partial charge in [0.25, 0.3) is 12.1 Å². The van der Waals surface area contributed by atoms with Gasteiger partial charge in [0.1, 0.15) is 12.2 Å². The summed E-state index contributed by atoms with van der Waals surface area (Å²) in [6, 6.07) is 19.4. The molecule has 0 amide bonds. The van der Waals surface area contributed by atoms with E-state index in [1.165, 1.54) is 13.0 Å². The maximum absolute atomic E-state index is 15.0. The molecule has 218 valence electrons. The number of benzene rings is 2. The highest BCUT2D eigenvalue weighted by molar-refractivity contribution is 6.99. The molecular weight excluding hydrogens is 603 g/mol. The molecule has 0 saturated carbocycles. The van der Waals surface area contributed by atoms with Crippen LogP contribution in [-0.2, 0) is 23.4 Å². The highest BCUT2D eigenvalue weighted by Crippen LogP contribution is 2.38. The van der Waals surface area contributed by atoms with Crippen LogP contribution < -0.4 is 10.4 Å². The molecule has 1 N–H and O–H groups in total. The van der Waals surface area contributed by atoms with Gasteiger partial charge in [-0.3, -0.25) is 5.41 Å². The number of hydrogen-bond donors (Lipinski definition) is 1. The van der Waals surface area contributed by atoms with E-state index < -0.39 is 53.2 Å². The van der Waals surface area contributed by atoms with Crippen LogP contribution in [-0.4, -0.2) is 61.4 Å². The van der Waals surface area contributed by atoms with E-state index in [-0.39, 0.29) is 13.2 Å². The van der Waals surface area contributed by atoms with Crippen molar-refractivity contribution >= 4 is 65.4 Å². The molecule has 2 aromatic carbocycles. The standard InChI is InChI=1S/C28H32Cl3F2NO5Si/c1-5-36-25(35)27(32,33)23-17-16-21(39-24(34)28(29,30)31)22(38-23)18-37-40(26(2,3)4,19-12-8-6-9-13-19)20-14-10-7-11-15-20/h6-17,21-23,34H,5,18H2,1-4H3/t21-,22+,23-/m0/s1. The molecule has 0 bridgehead atoms. The molecule has 40 heavy (non-hydrogen) atoms. The van der Waals surface area contributed by atoms with Crippen molar-refractivity contribution in [1.82, 2.24) is 0 Å². The third kappa shape index (κ3) is 7.06. The third-order valence-corrected chi connectivity index (χ3v) is 12.0. The minimum Gasteiger partial charge on any atom is -0.468 e. The minimum absolute atomic E-state index is 0.225. The SMILES string of the molecule is CCOC(=O)C(F)(F)[C@@H]1C=C[C@H](OC(=N)C(Cl)(Cl)Cl)[C@@H](CO[Si](c2ccccc2)(c2ccccc2)C(C)(C)C)O1. The van der Waals surface area contributed by atoms with E-state index >= 15 is 8.78 Å². The molecule has 1 heterocycles. The summed E-state index contributed by atoms with van der Waals surface area (Å²) in [6.07, 6.45) is -2.07. The maximum atomic E-state index is 15.0. The predicted molar refractivity (Wildman–Crippen MR) is 156 cm³/mol. The van der Waals surface area contributed by atoms with Gasteiger partial charge in [-0.05, 0) is 34.5 Å². The van der Waals surface area contributed by atoms with Crippen LogP contribution in [0.5, 0.6) is 0 Å². The van der Waals surface area contributed by atoms with E-state index in [0.717, 1.165) is 16.4 Å². The molecule has 12 heteroatoms. The van der Waals surface area contributed by atoms with Crippen molar-refractivity contribution in [2.75, 3.05) is 13.2 Å². The van der Waals surface area contributed by atoms with Gasteiger partial charge in [0, 0.05) is 0 Å².